The number of hydrogen-bond donors (Lipinski definition) is 3. The third-order valence-electron chi connectivity index (χ3n) is 7.57. The van der Waals surface area contributed by atoms with Crippen LogP contribution in [0.25, 0.3) is 10.9 Å². The quantitative estimate of drug-likeness (QED) is 0.486. The van der Waals surface area contributed by atoms with Crippen LogP contribution in [0, 0.1) is 5.82 Å². The van der Waals surface area contributed by atoms with E-state index in [0.717, 1.165) is 0 Å². The smallest absolute Gasteiger partial charge is 0.395 e. The van der Waals surface area contributed by atoms with Crippen LogP contribution in [0.4, 0.5) is 18.9 Å². The molecule has 2 unspecified atom stereocenters. The molecule has 2 aliphatic heterocycles. The standard InChI is InChI=1S/C26H25F3N2O6/c1-24(2)21-8-13-7-17(16(27)10-18(13)31(21)11-15(12-32)35-23(24)34)30-22(33)25(5-6-25)14-3-4-19-20(9-14)37-26(28,29)36-19/h3-4,7-10,15,23,32,34H,5-6,11-12H2,1-2H3,(H,30,33). The number of ether oxygens (including phenoxy) is 3. The molecule has 3 aliphatic rings. The zero-order valence-electron chi connectivity index (χ0n) is 20.1. The van der Waals surface area contributed by atoms with Gasteiger partial charge >= 0.3 is 6.29 Å². The fourth-order valence-electron chi connectivity index (χ4n) is 5.20. The van der Waals surface area contributed by atoms with Gasteiger partial charge in [0.15, 0.2) is 17.8 Å². The summed E-state index contributed by atoms with van der Waals surface area (Å²) in [6.07, 6.45) is -4.69. The SMILES string of the molecule is CC1(C)c2cc3cc(NC(=O)C4(c5ccc6c(c5)OC(F)(F)O6)CC4)c(F)cc3n2CC(CO)OC1O. The number of aliphatic hydroxyl groups is 2. The van der Waals surface area contributed by atoms with Crippen molar-refractivity contribution in [2.45, 2.75) is 62.8 Å². The minimum Gasteiger partial charge on any atom is -0.395 e. The van der Waals surface area contributed by atoms with Crippen LogP contribution in [-0.4, -0.2) is 46.0 Å². The van der Waals surface area contributed by atoms with Crippen LogP contribution in [-0.2, 0) is 26.9 Å². The highest BCUT2D eigenvalue weighted by atomic mass is 19.3. The van der Waals surface area contributed by atoms with E-state index >= 15 is 4.39 Å². The molecule has 1 aliphatic carbocycles. The van der Waals surface area contributed by atoms with Crippen LogP contribution in [0.5, 0.6) is 11.5 Å². The number of aliphatic hydroxyl groups excluding tert-OH is 2. The third kappa shape index (κ3) is 3.75. The molecule has 37 heavy (non-hydrogen) atoms. The van der Waals surface area contributed by atoms with Crippen molar-refractivity contribution in [2.24, 2.45) is 0 Å². The molecule has 0 radical (unpaired) electrons. The molecule has 1 aromatic heterocycles. The van der Waals surface area contributed by atoms with Gasteiger partial charge < -0.3 is 34.3 Å². The van der Waals surface area contributed by atoms with Gasteiger partial charge in [-0.1, -0.05) is 6.07 Å². The van der Waals surface area contributed by atoms with E-state index in [4.69, 9.17) is 4.74 Å². The number of alkyl halides is 2. The Kier molecular flexibility index (Phi) is 5.11. The number of hydrogen-bond acceptors (Lipinski definition) is 6. The zero-order chi connectivity index (χ0) is 26.3. The van der Waals surface area contributed by atoms with Gasteiger partial charge in [-0.2, -0.15) is 0 Å². The van der Waals surface area contributed by atoms with E-state index in [9.17, 15) is 23.8 Å². The molecular weight excluding hydrogens is 493 g/mol. The van der Waals surface area contributed by atoms with E-state index in [2.05, 4.69) is 14.8 Å². The second-order valence-corrected chi connectivity index (χ2v) is 10.4. The first kappa shape index (κ1) is 24.1. The van der Waals surface area contributed by atoms with Crippen LogP contribution < -0.4 is 14.8 Å². The normalized spacial score (nSPS) is 24.4. The van der Waals surface area contributed by atoms with Crippen molar-refractivity contribution in [3.05, 3.63) is 53.5 Å². The van der Waals surface area contributed by atoms with E-state index in [-0.39, 0.29) is 30.3 Å². The minimum absolute atomic E-state index is 0.0230. The van der Waals surface area contributed by atoms with Gasteiger partial charge in [0.1, 0.15) is 11.9 Å². The first-order valence-electron chi connectivity index (χ1n) is 11.9. The van der Waals surface area contributed by atoms with Crippen molar-refractivity contribution in [1.29, 1.82) is 0 Å². The Labute approximate surface area is 209 Å². The highest BCUT2D eigenvalue weighted by Gasteiger charge is 2.53. The summed E-state index contributed by atoms with van der Waals surface area (Å²) < 4.78 is 58.4. The van der Waals surface area contributed by atoms with E-state index in [1.165, 1.54) is 30.3 Å². The lowest BCUT2D eigenvalue weighted by Gasteiger charge is -2.29. The van der Waals surface area contributed by atoms with E-state index in [0.29, 0.717) is 35.0 Å². The van der Waals surface area contributed by atoms with E-state index < -0.39 is 41.2 Å². The number of benzene rings is 2. The third-order valence-corrected chi connectivity index (χ3v) is 7.57. The van der Waals surface area contributed by atoms with Gasteiger partial charge in [0.05, 0.1) is 35.2 Å². The molecule has 2 atom stereocenters. The number of rotatable bonds is 4. The lowest BCUT2D eigenvalue weighted by molar-refractivity contribution is -0.286. The molecule has 1 amide bonds. The first-order valence-corrected chi connectivity index (χ1v) is 11.9. The van der Waals surface area contributed by atoms with Crippen LogP contribution in [0.1, 0.15) is 37.9 Å². The second-order valence-electron chi connectivity index (χ2n) is 10.4. The predicted octanol–water partition coefficient (Wildman–Crippen LogP) is 3.76. The Balaban J connectivity index is 1.32. The lowest BCUT2D eigenvalue weighted by Crippen LogP contribution is -2.37. The van der Waals surface area contributed by atoms with Gasteiger partial charge in [0.25, 0.3) is 0 Å². The summed E-state index contributed by atoms with van der Waals surface area (Å²) >= 11 is 0. The fourth-order valence-corrected chi connectivity index (χ4v) is 5.20. The Morgan fingerprint density at radius 3 is 2.57 bits per heavy atom. The fraction of sp³-hybridized carbons (Fsp3) is 0.423. The summed E-state index contributed by atoms with van der Waals surface area (Å²) in [5.41, 5.74) is -0.153. The number of anilines is 1. The summed E-state index contributed by atoms with van der Waals surface area (Å²) in [5.74, 6) is -1.38. The molecule has 1 fully saturated rings. The van der Waals surface area contributed by atoms with Gasteiger partial charge in [-0.3, -0.25) is 4.79 Å². The molecule has 2 aromatic carbocycles. The van der Waals surface area contributed by atoms with E-state index in [1.807, 2.05) is 10.6 Å². The molecule has 0 saturated heterocycles. The van der Waals surface area contributed by atoms with Gasteiger partial charge in [0.2, 0.25) is 5.91 Å². The van der Waals surface area contributed by atoms with Crippen molar-refractivity contribution in [2.75, 3.05) is 11.9 Å². The summed E-state index contributed by atoms with van der Waals surface area (Å²) in [7, 11) is 0. The van der Waals surface area contributed by atoms with Crippen molar-refractivity contribution >= 4 is 22.5 Å². The Morgan fingerprint density at radius 2 is 1.86 bits per heavy atom. The summed E-state index contributed by atoms with van der Waals surface area (Å²) in [5, 5.41) is 23.6. The number of amides is 1. The van der Waals surface area contributed by atoms with Gasteiger partial charge in [-0.05, 0) is 56.5 Å². The maximum absolute atomic E-state index is 15.3. The van der Waals surface area contributed by atoms with Crippen molar-refractivity contribution in [3.63, 3.8) is 0 Å². The van der Waals surface area contributed by atoms with Crippen LogP contribution >= 0.6 is 0 Å². The van der Waals surface area contributed by atoms with Crippen LogP contribution in [0.15, 0.2) is 36.4 Å². The number of fused-ring (bicyclic) bond motifs is 4. The Bertz CT molecular complexity index is 1430. The molecule has 3 heterocycles. The Hall–Kier alpha value is -3.28. The summed E-state index contributed by atoms with van der Waals surface area (Å²) in [6.45, 7) is 3.48. The van der Waals surface area contributed by atoms with Crippen molar-refractivity contribution in [3.8, 4) is 11.5 Å². The van der Waals surface area contributed by atoms with Gasteiger partial charge in [0, 0.05) is 17.1 Å². The first-order chi connectivity index (χ1) is 17.4. The monoisotopic (exact) mass is 518 g/mol. The van der Waals surface area contributed by atoms with Crippen LogP contribution in [0.2, 0.25) is 0 Å². The highest BCUT2D eigenvalue weighted by molar-refractivity contribution is 6.03. The zero-order valence-corrected chi connectivity index (χ0v) is 20.1. The molecular formula is C26H25F3N2O6. The molecule has 0 spiro atoms. The number of halogens is 3. The molecule has 3 aromatic rings. The molecule has 196 valence electrons. The van der Waals surface area contributed by atoms with E-state index in [1.54, 1.807) is 13.8 Å². The Morgan fingerprint density at radius 1 is 1.14 bits per heavy atom. The molecule has 8 nitrogen and oxygen atoms in total. The maximum atomic E-state index is 15.3. The molecule has 6 rings (SSSR count). The second kappa shape index (κ2) is 7.86. The van der Waals surface area contributed by atoms with Crippen molar-refractivity contribution < 1.29 is 42.4 Å². The molecule has 3 N–H and O–H groups in total. The molecule has 11 heteroatoms. The summed E-state index contributed by atoms with van der Waals surface area (Å²) in [6, 6.07) is 8.87. The number of carbonyl (C=O) groups excluding carboxylic acids is 1. The lowest BCUT2D eigenvalue weighted by atomic mass is 9.88. The van der Waals surface area contributed by atoms with Crippen molar-refractivity contribution in [1.82, 2.24) is 4.57 Å². The average Bonchev–Trinajstić information content (AvgIpc) is 3.50. The largest absolute Gasteiger partial charge is 0.586 e. The average molecular weight is 518 g/mol. The minimum atomic E-state index is -3.76. The number of nitrogens with zero attached hydrogens (tertiary/aromatic N) is 1. The maximum Gasteiger partial charge on any atom is 0.586 e. The van der Waals surface area contributed by atoms with Gasteiger partial charge in [-0.15, -0.1) is 8.78 Å². The molecule has 1 saturated carbocycles. The number of carbonyl (C=O) groups is 1. The predicted molar refractivity (Wildman–Crippen MR) is 125 cm³/mol. The topological polar surface area (TPSA) is 102 Å². The summed E-state index contributed by atoms with van der Waals surface area (Å²) in [4.78, 5) is 13.3. The van der Waals surface area contributed by atoms with Gasteiger partial charge in [-0.25, -0.2) is 4.39 Å². The highest BCUT2D eigenvalue weighted by Crippen LogP contribution is 2.52. The molecule has 0 bridgehead atoms. The number of aromatic nitrogens is 1. The van der Waals surface area contributed by atoms with Crippen LogP contribution in [0.3, 0.4) is 0 Å². The number of nitrogens with one attached hydrogen (secondary N) is 1.